The second-order valence-corrected chi connectivity index (χ2v) is 11.1. The van der Waals surface area contributed by atoms with Crippen molar-refractivity contribution < 1.29 is 9.53 Å². The highest BCUT2D eigenvalue weighted by atomic mass is 32.1. The van der Waals surface area contributed by atoms with Gasteiger partial charge in [-0.05, 0) is 49.1 Å². The zero-order chi connectivity index (χ0) is 23.7. The van der Waals surface area contributed by atoms with Crippen LogP contribution in [0.25, 0.3) is 16.8 Å². The zero-order valence-electron chi connectivity index (χ0n) is 19.4. The van der Waals surface area contributed by atoms with Crippen molar-refractivity contribution in [1.82, 2.24) is 19.4 Å². The Labute approximate surface area is 206 Å². The van der Waals surface area contributed by atoms with E-state index in [1.54, 1.807) is 17.5 Å². The van der Waals surface area contributed by atoms with Gasteiger partial charge < -0.3 is 10.5 Å². The molecule has 4 atom stereocenters. The number of nitrogen functional groups attached to an aromatic ring is 1. The van der Waals surface area contributed by atoms with E-state index in [9.17, 15) is 4.79 Å². The van der Waals surface area contributed by atoms with Crippen molar-refractivity contribution in [2.75, 3.05) is 24.3 Å². The van der Waals surface area contributed by atoms with Crippen LogP contribution in [0.3, 0.4) is 0 Å². The Morgan fingerprint density at radius 2 is 2.00 bits per heavy atom. The van der Waals surface area contributed by atoms with E-state index in [4.69, 9.17) is 15.5 Å². The number of imidazole rings is 1. The van der Waals surface area contributed by atoms with Crippen LogP contribution in [0.1, 0.15) is 46.0 Å². The average Bonchev–Trinajstić information content (AvgIpc) is 3.25. The quantitative estimate of drug-likeness (QED) is 0.448. The van der Waals surface area contributed by atoms with Crippen LogP contribution in [0.2, 0.25) is 0 Å². The number of thiazole rings is 1. The molecule has 1 amide bonds. The van der Waals surface area contributed by atoms with E-state index < -0.39 is 0 Å². The predicted molar refractivity (Wildman–Crippen MR) is 135 cm³/mol. The number of hydrogen-bond donors (Lipinski definition) is 2. The van der Waals surface area contributed by atoms with Gasteiger partial charge in [0.2, 0.25) is 0 Å². The number of rotatable bonds is 4. The van der Waals surface area contributed by atoms with Gasteiger partial charge in [0.05, 0.1) is 18.9 Å². The Kier molecular flexibility index (Phi) is 4.72. The monoisotopic (exact) mass is 486 g/mol. The summed E-state index contributed by atoms with van der Waals surface area (Å²) in [6.45, 7) is 3.86. The summed E-state index contributed by atoms with van der Waals surface area (Å²) in [5.41, 5.74) is 10.5. The number of aryl methyl sites for hydroxylation is 1. The van der Waals surface area contributed by atoms with E-state index in [0.29, 0.717) is 40.2 Å². The van der Waals surface area contributed by atoms with Crippen LogP contribution < -0.4 is 11.1 Å². The fraction of sp³-hybridized carbons (Fsp3) is 0.385. The van der Waals surface area contributed by atoms with Crippen molar-refractivity contribution in [2.45, 2.75) is 32.1 Å². The van der Waals surface area contributed by atoms with Gasteiger partial charge in [-0.25, -0.2) is 15.0 Å². The molecule has 3 aliphatic rings. The molecule has 8 nitrogen and oxygen atoms in total. The number of anilines is 2. The van der Waals surface area contributed by atoms with Gasteiger partial charge in [-0.1, -0.05) is 19.1 Å². The SMILES string of the molecule is CC1CCc2nc(NC(=O)c3ccc(-c4nc(C5[C@H]6COC[C@@H]56)n5ccnc(N)c45)cc3)sc2C1. The molecule has 4 aromatic rings. The first-order valence-corrected chi connectivity index (χ1v) is 13.0. The number of nitrogens with one attached hydrogen (secondary N) is 1. The molecule has 3 aromatic heterocycles. The van der Waals surface area contributed by atoms with E-state index in [-0.39, 0.29) is 5.91 Å². The summed E-state index contributed by atoms with van der Waals surface area (Å²) in [4.78, 5) is 28.2. The van der Waals surface area contributed by atoms with E-state index in [1.807, 2.05) is 30.5 Å². The Bertz CT molecular complexity index is 1450. The van der Waals surface area contributed by atoms with Crippen molar-refractivity contribution in [2.24, 2.45) is 17.8 Å². The van der Waals surface area contributed by atoms with Gasteiger partial charge >= 0.3 is 0 Å². The van der Waals surface area contributed by atoms with Crippen LogP contribution in [-0.4, -0.2) is 38.5 Å². The Morgan fingerprint density at radius 1 is 1.20 bits per heavy atom. The molecule has 0 radical (unpaired) electrons. The molecule has 1 aromatic carbocycles. The molecule has 1 saturated carbocycles. The lowest BCUT2D eigenvalue weighted by atomic mass is 9.93. The molecule has 2 aliphatic carbocycles. The Morgan fingerprint density at radius 3 is 2.80 bits per heavy atom. The van der Waals surface area contributed by atoms with E-state index >= 15 is 0 Å². The topological polar surface area (TPSA) is 107 Å². The minimum absolute atomic E-state index is 0.155. The lowest BCUT2D eigenvalue weighted by molar-refractivity contribution is 0.102. The highest BCUT2D eigenvalue weighted by Gasteiger charge is 2.56. The zero-order valence-corrected chi connectivity index (χ0v) is 20.2. The molecule has 0 spiro atoms. The number of ether oxygens (including phenoxy) is 1. The summed E-state index contributed by atoms with van der Waals surface area (Å²) in [5, 5.41) is 3.67. The van der Waals surface area contributed by atoms with Crippen LogP contribution in [0.5, 0.6) is 0 Å². The highest BCUT2D eigenvalue weighted by Crippen LogP contribution is 2.57. The van der Waals surface area contributed by atoms with Crippen molar-refractivity contribution in [3.05, 3.63) is 58.6 Å². The summed E-state index contributed by atoms with van der Waals surface area (Å²) in [6.07, 6.45) is 6.85. The molecular weight excluding hydrogens is 460 g/mol. The molecular formula is C26H26N6O2S. The first-order chi connectivity index (χ1) is 17.1. The summed E-state index contributed by atoms with van der Waals surface area (Å²) >= 11 is 1.60. The molecule has 9 heteroatoms. The van der Waals surface area contributed by atoms with Crippen molar-refractivity contribution >= 4 is 33.7 Å². The van der Waals surface area contributed by atoms with Gasteiger partial charge in [0.25, 0.3) is 5.91 Å². The molecule has 4 heterocycles. The number of benzene rings is 1. The van der Waals surface area contributed by atoms with Crippen molar-refractivity contribution in [1.29, 1.82) is 0 Å². The smallest absolute Gasteiger partial charge is 0.257 e. The number of aromatic nitrogens is 4. The average molecular weight is 487 g/mol. The lowest BCUT2D eigenvalue weighted by Crippen LogP contribution is -2.12. The number of fused-ring (bicyclic) bond motifs is 3. The Hall–Kier alpha value is -3.30. The second kappa shape index (κ2) is 7.86. The number of amides is 1. The minimum Gasteiger partial charge on any atom is -0.382 e. The predicted octanol–water partition coefficient (Wildman–Crippen LogP) is 4.17. The first kappa shape index (κ1) is 21.0. The highest BCUT2D eigenvalue weighted by molar-refractivity contribution is 7.15. The number of carbonyl (C=O) groups is 1. The lowest BCUT2D eigenvalue weighted by Gasteiger charge is -2.15. The number of nitrogens with zero attached hydrogens (tertiary/aromatic N) is 4. The molecule has 2 unspecified atom stereocenters. The maximum absolute atomic E-state index is 12.9. The third-order valence-corrected chi connectivity index (χ3v) is 8.72. The van der Waals surface area contributed by atoms with E-state index in [0.717, 1.165) is 60.8 Å². The van der Waals surface area contributed by atoms with Crippen LogP contribution >= 0.6 is 11.3 Å². The third-order valence-electron chi connectivity index (χ3n) is 7.69. The van der Waals surface area contributed by atoms with Crippen molar-refractivity contribution in [3.63, 3.8) is 0 Å². The van der Waals surface area contributed by atoms with Gasteiger partial charge in [-0.2, -0.15) is 0 Å². The number of hydrogen-bond acceptors (Lipinski definition) is 7. The van der Waals surface area contributed by atoms with Gasteiger partial charge in [-0.3, -0.25) is 14.5 Å². The minimum atomic E-state index is -0.155. The van der Waals surface area contributed by atoms with Crippen LogP contribution in [0.15, 0.2) is 36.7 Å². The molecule has 35 heavy (non-hydrogen) atoms. The molecule has 1 saturated heterocycles. The van der Waals surface area contributed by atoms with E-state index in [2.05, 4.69) is 26.6 Å². The van der Waals surface area contributed by atoms with Gasteiger partial charge in [0, 0.05) is 34.3 Å². The van der Waals surface area contributed by atoms with Gasteiger partial charge in [0.1, 0.15) is 22.9 Å². The maximum Gasteiger partial charge on any atom is 0.257 e. The largest absolute Gasteiger partial charge is 0.382 e. The Balaban J connectivity index is 1.16. The normalized spacial score (nSPS) is 24.8. The molecule has 0 bridgehead atoms. The third kappa shape index (κ3) is 3.44. The molecule has 1 aliphatic heterocycles. The summed E-state index contributed by atoms with van der Waals surface area (Å²) in [6, 6.07) is 7.52. The second-order valence-electron chi connectivity index (χ2n) is 10.0. The molecule has 178 valence electrons. The molecule has 3 N–H and O–H groups in total. The maximum atomic E-state index is 12.9. The number of carbonyl (C=O) groups excluding carboxylic acids is 1. The van der Waals surface area contributed by atoms with Crippen molar-refractivity contribution in [3.8, 4) is 11.3 Å². The molecule has 7 rings (SSSR count). The van der Waals surface area contributed by atoms with Crippen LogP contribution in [0, 0.1) is 17.8 Å². The van der Waals surface area contributed by atoms with Gasteiger partial charge in [0.15, 0.2) is 5.13 Å². The summed E-state index contributed by atoms with van der Waals surface area (Å²) in [5.74, 6) is 3.46. The summed E-state index contributed by atoms with van der Waals surface area (Å²) < 4.78 is 7.65. The number of nitrogens with two attached hydrogens (primary N) is 1. The fourth-order valence-electron chi connectivity index (χ4n) is 5.69. The first-order valence-electron chi connectivity index (χ1n) is 12.2. The standard InChI is InChI=1S/C26H26N6O2S/c1-13-2-7-18-19(10-13)35-26(29-18)31-25(33)15-5-3-14(4-6-15)21-22-23(27)28-8-9-32(22)24(30-21)20-16-11-34-12-17(16)20/h3-6,8-9,13,16-17,20H,2,7,10-12H2,1H3,(H2,27,28)(H,29,31,33)/t13?,16-,17+,20?. The van der Waals surface area contributed by atoms with Gasteiger partial charge in [-0.15, -0.1) is 11.3 Å². The molecule has 2 fully saturated rings. The summed E-state index contributed by atoms with van der Waals surface area (Å²) in [7, 11) is 0. The van der Waals surface area contributed by atoms with E-state index in [1.165, 1.54) is 4.88 Å². The van der Waals surface area contributed by atoms with Crippen LogP contribution in [-0.2, 0) is 17.6 Å². The van der Waals surface area contributed by atoms with Crippen LogP contribution in [0.4, 0.5) is 10.9 Å². The fourth-order valence-corrected chi connectivity index (χ4v) is 6.85.